The summed E-state index contributed by atoms with van der Waals surface area (Å²) in [7, 11) is 0. The SMILES string of the molecule is CC(C)(C)OC(=O)N1CCC(c2c(C(=O)N3CCN(c4ccc(F)cc4)CC3)cnn2-c2ccc([N+](=O)[O-])cc2)CC1. The van der Waals surface area contributed by atoms with Gasteiger partial charge in [0.05, 0.1) is 28.1 Å². The lowest BCUT2D eigenvalue weighted by Crippen LogP contribution is -2.49. The molecule has 3 heterocycles. The first-order valence-electron chi connectivity index (χ1n) is 14.1. The normalized spacial score (nSPS) is 16.4. The van der Waals surface area contributed by atoms with Gasteiger partial charge in [0, 0.05) is 63.0 Å². The van der Waals surface area contributed by atoms with Crippen molar-refractivity contribution in [2.45, 2.75) is 45.1 Å². The van der Waals surface area contributed by atoms with E-state index in [4.69, 9.17) is 4.74 Å². The third kappa shape index (κ3) is 6.37. The molecule has 2 aromatic carbocycles. The second kappa shape index (κ2) is 11.8. The number of hydrogen-bond donors (Lipinski definition) is 0. The smallest absolute Gasteiger partial charge is 0.410 e. The number of benzene rings is 2. The van der Waals surface area contributed by atoms with Crippen LogP contribution in [0.25, 0.3) is 5.69 Å². The van der Waals surface area contributed by atoms with Crippen molar-refractivity contribution >= 4 is 23.4 Å². The first kappa shape index (κ1) is 29.0. The highest BCUT2D eigenvalue weighted by Gasteiger charge is 2.34. The van der Waals surface area contributed by atoms with E-state index in [1.165, 1.54) is 24.3 Å². The predicted molar refractivity (Wildman–Crippen MR) is 155 cm³/mol. The molecule has 0 aliphatic carbocycles. The van der Waals surface area contributed by atoms with E-state index in [2.05, 4.69) is 10.00 Å². The molecule has 42 heavy (non-hydrogen) atoms. The maximum atomic E-state index is 13.9. The summed E-state index contributed by atoms with van der Waals surface area (Å²) in [6.07, 6.45) is 2.43. The van der Waals surface area contributed by atoms with Crippen LogP contribution < -0.4 is 4.90 Å². The van der Waals surface area contributed by atoms with Crippen molar-refractivity contribution < 1.29 is 23.6 Å². The Bertz CT molecular complexity index is 1430. The average molecular weight is 579 g/mol. The number of ether oxygens (including phenoxy) is 1. The van der Waals surface area contributed by atoms with Crippen molar-refractivity contribution in [2.75, 3.05) is 44.2 Å². The lowest BCUT2D eigenvalue weighted by molar-refractivity contribution is -0.384. The molecule has 222 valence electrons. The Balaban J connectivity index is 1.37. The molecule has 2 fully saturated rings. The number of likely N-dealkylation sites (tertiary alicyclic amines) is 1. The summed E-state index contributed by atoms with van der Waals surface area (Å²) in [6, 6.07) is 12.4. The van der Waals surface area contributed by atoms with Crippen LogP contribution in [0.2, 0.25) is 0 Å². The first-order valence-corrected chi connectivity index (χ1v) is 14.1. The molecule has 0 spiro atoms. The van der Waals surface area contributed by atoms with Crippen LogP contribution in [0.3, 0.4) is 0 Å². The van der Waals surface area contributed by atoms with E-state index < -0.39 is 10.5 Å². The standard InChI is InChI=1S/C30H35FN6O5/c1-30(2,3)42-29(39)35-14-12-21(13-15-35)27-26(20-32-36(27)24-8-10-25(11-9-24)37(40)41)28(38)34-18-16-33(17-19-34)23-6-4-22(31)5-7-23/h4-11,20-21H,12-19H2,1-3H3. The minimum absolute atomic E-state index is 0.0338. The Morgan fingerprint density at radius 1 is 0.905 bits per heavy atom. The minimum Gasteiger partial charge on any atom is -0.444 e. The first-order chi connectivity index (χ1) is 20.0. The number of hydrogen-bond acceptors (Lipinski definition) is 7. The number of halogens is 1. The molecule has 11 nitrogen and oxygen atoms in total. The quantitative estimate of drug-likeness (QED) is 0.309. The van der Waals surface area contributed by atoms with E-state index in [0.29, 0.717) is 63.4 Å². The van der Waals surface area contributed by atoms with Gasteiger partial charge in [-0.2, -0.15) is 5.10 Å². The molecule has 2 aliphatic heterocycles. The molecule has 1 aromatic heterocycles. The monoisotopic (exact) mass is 578 g/mol. The van der Waals surface area contributed by atoms with E-state index in [1.807, 2.05) is 20.8 Å². The summed E-state index contributed by atoms with van der Waals surface area (Å²) in [5.74, 6) is -0.491. The molecule has 0 saturated carbocycles. The highest BCUT2D eigenvalue weighted by atomic mass is 19.1. The van der Waals surface area contributed by atoms with E-state index in [1.54, 1.807) is 44.9 Å². The molecule has 2 amide bonds. The maximum Gasteiger partial charge on any atom is 0.410 e. The molecule has 0 atom stereocenters. The van der Waals surface area contributed by atoms with Crippen LogP contribution in [-0.4, -0.2) is 81.4 Å². The summed E-state index contributed by atoms with van der Waals surface area (Å²) in [6.45, 7) is 8.64. The molecule has 0 unspecified atom stereocenters. The fraction of sp³-hybridized carbons (Fsp3) is 0.433. The van der Waals surface area contributed by atoms with Gasteiger partial charge in [-0.3, -0.25) is 14.9 Å². The molecule has 0 radical (unpaired) electrons. The average Bonchev–Trinajstić information content (AvgIpc) is 3.42. The summed E-state index contributed by atoms with van der Waals surface area (Å²) in [5.41, 5.74) is 2.12. The Morgan fingerprint density at radius 3 is 2.07 bits per heavy atom. The number of anilines is 1. The fourth-order valence-corrected chi connectivity index (χ4v) is 5.49. The largest absolute Gasteiger partial charge is 0.444 e. The number of carbonyl (C=O) groups is 2. The van der Waals surface area contributed by atoms with Crippen LogP contribution in [0.15, 0.2) is 54.7 Å². The zero-order valence-electron chi connectivity index (χ0n) is 24.0. The number of amides is 2. The number of nitrogens with zero attached hydrogens (tertiary/aromatic N) is 6. The number of non-ortho nitro benzene ring substituents is 1. The Kier molecular flexibility index (Phi) is 8.15. The van der Waals surface area contributed by atoms with Gasteiger partial charge < -0.3 is 19.4 Å². The zero-order chi connectivity index (χ0) is 30.0. The molecule has 5 rings (SSSR count). The third-order valence-electron chi connectivity index (χ3n) is 7.63. The lowest BCUT2D eigenvalue weighted by Gasteiger charge is -2.37. The van der Waals surface area contributed by atoms with Gasteiger partial charge in [0.1, 0.15) is 11.4 Å². The second-order valence-electron chi connectivity index (χ2n) is 11.6. The van der Waals surface area contributed by atoms with Crippen LogP contribution in [-0.2, 0) is 4.74 Å². The van der Waals surface area contributed by atoms with E-state index in [-0.39, 0.29) is 29.4 Å². The lowest BCUT2D eigenvalue weighted by atomic mass is 9.90. The minimum atomic E-state index is -0.594. The van der Waals surface area contributed by atoms with Gasteiger partial charge in [-0.25, -0.2) is 13.9 Å². The molecule has 2 aliphatic rings. The Labute approximate surface area is 243 Å². The summed E-state index contributed by atoms with van der Waals surface area (Å²) in [4.78, 5) is 42.9. The Morgan fingerprint density at radius 2 is 1.50 bits per heavy atom. The van der Waals surface area contributed by atoms with Crippen molar-refractivity contribution in [3.05, 3.63) is 81.9 Å². The summed E-state index contributed by atoms with van der Waals surface area (Å²) >= 11 is 0. The molecular weight excluding hydrogens is 543 g/mol. The number of carbonyl (C=O) groups excluding carboxylic acids is 2. The number of nitro groups is 1. The Hall–Kier alpha value is -4.48. The number of aromatic nitrogens is 2. The summed E-state index contributed by atoms with van der Waals surface area (Å²) < 4.78 is 20.6. The van der Waals surface area contributed by atoms with Crippen molar-refractivity contribution in [1.29, 1.82) is 0 Å². The highest BCUT2D eigenvalue weighted by Crippen LogP contribution is 2.34. The second-order valence-corrected chi connectivity index (χ2v) is 11.6. The van der Waals surface area contributed by atoms with Gasteiger partial charge in [-0.15, -0.1) is 0 Å². The molecule has 2 saturated heterocycles. The van der Waals surface area contributed by atoms with Gasteiger partial charge in [0.2, 0.25) is 0 Å². The maximum absolute atomic E-state index is 13.9. The van der Waals surface area contributed by atoms with Gasteiger partial charge >= 0.3 is 6.09 Å². The van der Waals surface area contributed by atoms with E-state index in [9.17, 15) is 24.1 Å². The van der Waals surface area contributed by atoms with Gasteiger partial charge in [-0.1, -0.05) is 0 Å². The topological polar surface area (TPSA) is 114 Å². The van der Waals surface area contributed by atoms with Gasteiger partial charge in [-0.05, 0) is 70.0 Å². The van der Waals surface area contributed by atoms with Crippen molar-refractivity contribution in [2.24, 2.45) is 0 Å². The van der Waals surface area contributed by atoms with Crippen molar-refractivity contribution in [1.82, 2.24) is 19.6 Å². The highest BCUT2D eigenvalue weighted by molar-refractivity contribution is 5.95. The molecule has 0 bridgehead atoms. The van der Waals surface area contributed by atoms with E-state index in [0.717, 1.165) is 11.4 Å². The van der Waals surface area contributed by atoms with Crippen molar-refractivity contribution in [3.63, 3.8) is 0 Å². The number of rotatable bonds is 5. The molecule has 3 aromatic rings. The number of piperidine rings is 1. The fourth-order valence-electron chi connectivity index (χ4n) is 5.49. The van der Waals surface area contributed by atoms with Crippen LogP contribution in [0.4, 0.5) is 20.6 Å². The van der Waals surface area contributed by atoms with Crippen molar-refractivity contribution in [3.8, 4) is 5.69 Å². The zero-order valence-corrected chi connectivity index (χ0v) is 24.0. The molecule has 0 N–H and O–H groups in total. The van der Waals surface area contributed by atoms with Crippen LogP contribution >= 0.6 is 0 Å². The van der Waals surface area contributed by atoms with Crippen LogP contribution in [0, 0.1) is 15.9 Å². The van der Waals surface area contributed by atoms with Gasteiger partial charge in [0.25, 0.3) is 11.6 Å². The molecule has 12 heteroatoms. The van der Waals surface area contributed by atoms with Gasteiger partial charge in [0.15, 0.2) is 0 Å². The molecular formula is C30H35FN6O5. The number of piperazine rings is 1. The van der Waals surface area contributed by atoms with Crippen LogP contribution in [0.1, 0.15) is 55.6 Å². The predicted octanol–water partition coefficient (Wildman–Crippen LogP) is 5.00. The number of nitro benzene ring substituents is 1. The van der Waals surface area contributed by atoms with Crippen LogP contribution in [0.5, 0.6) is 0 Å². The third-order valence-corrected chi connectivity index (χ3v) is 7.63. The van der Waals surface area contributed by atoms with E-state index >= 15 is 0 Å². The summed E-state index contributed by atoms with van der Waals surface area (Å²) in [5, 5.41) is 15.8.